The highest BCUT2D eigenvalue weighted by Crippen LogP contribution is 2.21. The highest BCUT2D eigenvalue weighted by molar-refractivity contribution is 7.94. The molecule has 0 unspecified atom stereocenters. The Morgan fingerprint density at radius 2 is 2.09 bits per heavy atom. The predicted molar refractivity (Wildman–Crippen MR) is 87.9 cm³/mol. The van der Waals surface area contributed by atoms with Gasteiger partial charge in [-0.1, -0.05) is 23.7 Å². The Labute approximate surface area is 141 Å². The minimum absolute atomic E-state index is 0.103. The molecular weight excluding hydrogens is 361 g/mol. The predicted octanol–water partition coefficient (Wildman–Crippen LogP) is 3.59. The average molecular weight is 372 g/mol. The molecule has 0 aliphatic heterocycles. The number of nitrogens with one attached hydrogen (secondary N) is 1. The topological polar surface area (TPSA) is 64.0 Å². The fourth-order valence-corrected chi connectivity index (χ4v) is 4.17. The fraction of sp³-hybridized carbons (Fsp3) is 0.0714. The van der Waals surface area contributed by atoms with Gasteiger partial charge in [-0.15, -0.1) is 11.3 Å². The number of hydrogen-bond donors (Lipinski definition) is 1. The Hall–Kier alpha value is -1.90. The van der Waals surface area contributed by atoms with Crippen LogP contribution in [0.5, 0.6) is 0 Å². The molecule has 0 spiro atoms. The molecule has 3 aromatic rings. The minimum atomic E-state index is -3.65. The van der Waals surface area contributed by atoms with Crippen LogP contribution >= 0.6 is 22.9 Å². The second-order valence-corrected chi connectivity index (χ2v) is 7.90. The molecule has 0 atom stereocenters. The first kappa shape index (κ1) is 16.0. The van der Waals surface area contributed by atoms with Gasteiger partial charge in [0, 0.05) is 22.8 Å². The van der Waals surface area contributed by atoms with E-state index in [1.807, 2.05) is 0 Å². The number of aromatic nitrogens is 2. The number of halogens is 2. The first-order valence-electron chi connectivity index (χ1n) is 6.48. The van der Waals surface area contributed by atoms with Crippen molar-refractivity contribution in [2.24, 2.45) is 0 Å². The van der Waals surface area contributed by atoms with Crippen molar-refractivity contribution in [1.82, 2.24) is 9.78 Å². The fourth-order valence-electron chi connectivity index (χ4n) is 1.95. The highest BCUT2D eigenvalue weighted by Gasteiger charge is 2.17. The lowest BCUT2D eigenvalue weighted by molar-refractivity contribution is 0.585. The molecule has 0 saturated heterocycles. The van der Waals surface area contributed by atoms with E-state index in [9.17, 15) is 12.8 Å². The van der Waals surface area contributed by atoms with E-state index in [1.165, 1.54) is 28.9 Å². The summed E-state index contributed by atoms with van der Waals surface area (Å²) in [6, 6.07) is 9.07. The maximum Gasteiger partial charge on any atom is 0.272 e. The summed E-state index contributed by atoms with van der Waals surface area (Å²) < 4.78 is 42.0. The van der Waals surface area contributed by atoms with Gasteiger partial charge >= 0.3 is 0 Å². The number of benzene rings is 1. The van der Waals surface area contributed by atoms with Crippen molar-refractivity contribution < 1.29 is 12.8 Å². The van der Waals surface area contributed by atoms with Crippen molar-refractivity contribution in [3.63, 3.8) is 0 Å². The van der Waals surface area contributed by atoms with Crippen LogP contribution in [0, 0.1) is 5.82 Å². The van der Waals surface area contributed by atoms with Gasteiger partial charge in [0.05, 0.1) is 6.54 Å². The number of anilines is 1. The average Bonchev–Trinajstić information content (AvgIpc) is 3.14. The molecule has 120 valence electrons. The summed E-state index contributed by atoms with van der Waals surface area (Å²) in [5, 5.41) is 6.06. The third-order valence-corrected chi connectivity index (χ3v) is 6.13. The zero-order valence-corrected chi connectivity index (χ0v) is 14.0. The molecule has 23 heavy (non-hydrogen) atoms. The number of thiophene rings is 1. The van der Waals surface area contributed by atoms with Gasteiger partial charge in [0.15, 0.2) is 5.82 Å². The monoisotopic (exact) mass is 371 g/mol. The van der Waals surface area contributed by atoms with Gasteiger partial charge in [-0.2, -0.15) is 5.10 Å². The molecule has 0 aliphatic carbocycles. The van der Waals surface area contributed by atoms with Crippen LogP contribution in [0.4, 0.5) is 10.2 Å². The molecule has 0 amide bonds. The molecule has 5 nitrogen and oxygen atoms in total. The van der Waals surface area contributed by atoms with E-state index in [4.69, 9.17) is 11.6 Å². The Morgan fingerprint density at radius 3 is 2.78 bits per heavy atom. The van der Waals surface area contributed by atoms with E-state index in [0.717, 1.165) is 11.3 Å². The maximum absolute atomic E-state index is 13.8. The molecule has 3 rings (SSSR count). The van der Waals surface area contributed by atoms with Crippen molar-refractivity contribution in [3.8, 4) is 0 Å². The van der Waals surface area contributed by atoms with E-state index in [0.29, 0.717) is 10.6 Å². The highest BCUT2D eigenvalue weighted by atomic mass is 35.5. The van der Waals surface area contributed by atoms with Crippen LogP contribution in [0.15, 0.2) is 52.2 Å². The number of rotatable bonds is 5. The van der Waals surface area contributed by atoms with Crippen LogP contribution in [0.2, 0.25) is 5.02 Å². The van der Waals surface area contributed by atoms with Crippen LogP contribution in [-0.4, -0.2) is 18.2 Å². The Bertz CT molecular complexity index is 903. The van der Waals surface area contributed by atoms with Crippen LogP contribution in [0.1, 0.15) is 5.56 Å². The summed E-state index contributed by atoms with van der Waals surface area (Å²) in [5.41, 5.74) is 0.296. The van der Waals surface area contributed by atoms with Crippen LogP contribution in [0.25, 0.3) is 0 Å². The Balaban J connectivity index is 1.79. The summed E-state index contributed by atoms with van der Waals surface area (Å²) >= 11 is 7.08. The number of hydrogen-bond acceptors (Lipinski definition) is 4. The smallest absolute Gasteiger partial charge is 0.266 e. The van der Waals surface area contributed by atoms with E-state index < -0.39 is 15.8 Å². The Morgan fingerprint density at radius 1 is 1.26 bits per heavy atom. The summed E-state index contributed by atoms with van der Waals surface area (Å²) in [4.78, 5) is 0. The first-order chi connectivity index (χ1) is 11.0. The van der Waals surface area contributed by atoms with Crippen molar-refractivity contribution in [3.05, 3.63) is 64.4 Å². The standard InChI is InChI=1S/C14H11ClFN3O2S2/c15-11-3-1-4-12(16)10(11)9-19-7-6-13(17-19)18-23(20,21)14-5-2-8-22-14/h1-8H,9H2,(H,17,18). The van der Waals surface area contributed by atoms with Gasteiger partial charge < -0.3 is 0 Å². The van der Waals surface area contributed by atoms with E-state index in [-0.39, 0.29) is 16.6 Å². The van der Waals surface area contributed by atoms with Gasteiger partial charge in [0.25, 0.3) is 10.0 Å². The van der Waals surface area contributed by atoms with Gasteiger partial charge in [0.2, 0.25) is 0 Å². The third-order valence-electron chi connectivity index (χ3n) is 3.02. The molecular formula is C14H11ClFN3O2S2. The van der Waals surface area contributed by atoms with Gasteiger partial charge in [0.1, 0.15) is 10.0 Å². The van der Waals surface area contributed by atoms with Gasteiger partial charge in [-0.3, -0.25) is 9.40 Å². The lowest BCUT2D eigenvalue weighted by atomic mass is 10.2. The second-order valence-electron chi connectivity index (χ2n) is 4.64. The molecule has 0 bridgehead atoms. The summed E-state index contributed by atoms with van der Waals surface area (Å²) in [7, 11) is -3.65. The van der Waals surface area contributed by atoms with Crippen LogP contribution in [-0.2, 0) is 16.6 Å². The van der Waals surface area contributed by atoms with Crippen molar-refractivity contribution in [2.75, 3.05) is 4.72 Å². The molecule has 0 saturated carbocycles. The summed E-state index contributed by atoms with van der Waals surface area (Å²) in [6.07, 6.45) is 1.55. The number of nitrogens with zero attached hydrogens (tertiary/aromatic N) is 2. The van der Waals surface area contributed by atoms with Gasteiger partial charge in [-0.05, 0) is 23.6 Å². The number of sulfonamides is 1. The molecule has 9 heteroatoms. The van der Waals surface area contributed by atoms with Crippen LogP contribution in [0.3, 0.4) is 0 Å². The van der Waals surface area contributed by atoms with Crippen molar-refractivity contribution in [2.45, 2.75) is 10.8 Å². The molecule has 1 aromatic carbocycles. The van der Waals surface area contributed by atoms with Crippen molar-refractivity contribution >= 4 is 38.8 Å². The second kappa shape index (κ2) is 6.31. The van der Waals surface area contributed by atoms with E-state index in [1.54, 1.807) is 23.7 Å². The molecule has 1 N–H and O–H groups in total. The zero-order valence-electron chi connectivity index (χ0n) is 11.6. The zero-order chi connectivity index (χ0) is 16.4. The third kappa shape index (κ3) is 3.54. The lowest BCUT2D eigenvalue weighted by Gasteiger charge is -2.06. The van der Waals surface area contributed by atoms with E-state index in [2.05, 4.69) is 9.82 Å². The largest absolute Gasteiger partial charge is 0.272 e. The van der Waals surface area contributed by atoms with E-state index >= 15 is 0 Å². The Kier molecular flexibility index (Phi) is 4.38. The molecule has 2 aromatic heterocycles. The van der Waals surface area contributed by atoms with Gasteiger partial charge in [-0.25, -0.2) is 12.8 Å². The summed E-state index contributed by atoms with van der Waals surface area (Å²) in [5.74, 6) is -0.278. The SMILES string of the molecule is O=S(=O)(Nc1ccn(Cc2c(F)cccc2Cl)n1)c1cccs1. The molecule has 0 aliphatic rings. The quantitative estimate of drug-likeness (QED) is 0.745. The molecule has 0 fully saturated rings. The first-order valence-corrected chi connectivity index (χ1v) is 9.22. The minimum Gasteiger partial charge on any atom is -0.266 e. The lowest BCUT2D eigenvalue weighted by Crippen LogP contribution is -2.12. The molecule has 0 radical (unpaired) electrons. The van der Waals surface area contributed by atoms with Crippen LogP contribution < -0.4 is 4.72 Å². The summed E-state index contributed by atoms with van der Waals surface area (Å²) in [6.45, 7) is 0.103. The normalized spacial score (nSPS) is 11.6. The van der Waals surface area contributed by atoms with Crippen molar-refractivity contribution in [1.29, 1.82) is 0 Å². The maximum atomic E-state index is 13.8. The molecule has 2 heterocycles.